The maximum atomic E-state index is 10.4. The molecule has 8 heteroatoms. The Morgan fingerprint density at radius 2 is 1.96 bits per heavy atom. The lowest BCUT2D eigenvalue weighted by Crippen LogP contribution is -2.42. The molecule has 2 N–H and O–H groups in total. The zero-order valence-corrected chi connectivity index (χ0v) is 18.1. The van der Waals surface area contributed by atoms with Gasteiger partial charge in [0.2, 0.25) is 0 Å². The molecule has 5 rings (SSSR count). The number of hydrogen-bond donors (Lipinski definition) is 2. The van der Waals surface area contributed by atoms with E-state index in [-0.39, 0.29) is 36.1 Å². The quantitative estimate of drug-likeness (QED) is 0.688. The molecule has 2 aromatic rings. The molecule has 0 saturated carbocycles. The Morgan fingerprint density at radius 3 is 2.71 bits per heavy atom. The summed E-state index contributed by atoms with van der Waals surface area (Å²) in [5.74, 6) is 1.22. The topological polar surface area (TPSA) is 61.3 Å². The van der Waals surface area contributed by atoms with Crippen molar-refractivity contribution in [1.82, 2.24) is 15.3 Å². The number of piperidine rings is 1. The third-order valence-corrected chi connectivity index (χ3v) is 6.61. The van der Waals surface area contributed by atoms with Gasteiger partial charge in [-0.05, 0) is 62.0 Å². The van der Waals surface area contributed by atoms with Gasteiger partial charge in [0.05, 0.1) is 11.8 Å². The van der Waals surface area contributed by atoms with E-state index in [1.54, 1.807) is 6.33 Å². The number of fused-ring (bicyclic) bond motifs is 3. The zero-order chi connectivity index (χ0) is 17.9. The van der Waals surface area contributed by atoms with Gasteiger partial charge in [-0.3, -0.25) is 0 Å². The lowest BCUT2D eigenvalue weighted by atomic mass is 9.75. The van der Waals surface area contributed by atoms with Crippen LogP contribution in [-0.4, -0.2) is 34.7 Å². The lowest BCUT2D eigenvalue weighted by molar-refractivity contribution is 0.170. The molecule has 5 nitrogen and oxygen atoms in total. The molecule has 1 spiro atoms. The highest BCUT2D eigenvalue weighted by Gasteiger charge is 2.45. The normalized spacial score (nSPS) is 24.3. The molecule has 3 heterocycles. The van der Waals surface area contributed by atoms with Crippen molar-refractivity contribution in [2.75, 3.05) is 24.5 Å². The van der Waals surface area contributed by atoms with Crippen LogP contribution in [0.3, 0.4) is 0 Å². The first-order chi connectivity index (χ1) is 12.6. The number of aliphatic hydroxyl groups is 1. The molecule has 0 radical (unpaired) electrons. The number of anilines is 2. The zero-order valence-electron chi connectivity index (χ0n) is 15.7. The van der Waals surface area contributed by atoms with Gasteiger partial charge < -0.3 is 15.3 Å². The van der Waals surface area contributed by atoms with Gasteiger partial charge in [0.15, 0.2) is 0 Å². The number of nitrogens with one attached hydrogen (secondary N) is 1. The van der Waals surface area contributed by atoms with Crippen molar-refractivity contribution in [2.24, 2.45) is 0 Å². The molecular formula is C20H25Cl3N4O. The molecule has 1 aromatic carbocycles. The fourth-order valence-corrected chi connectivity index (χ4v) is 5.25. The number of rotatable bonds is 1. The fourth-order valence-electron chi connectivity index (χ4n) is 5.08. The molecule has 1 aromatic heterocycles. The third kappa shape index (κ3) is 3.17. The number of benzene rings is 1. The standard InChI is InChI=1S/C20H23ClN4O.2ClH/c1-12-8-16(26)18-17(12)19(24-11-23-18)25-10-20(4-6-22-7-5-20)14-9-13(21)2-3-15(14)25;;/h2-3,9,11-12,16,22,26H,4-8,10H2,1H3;2*1H/t12-,16+;;/m1../s1. The average Bonchev–Trinajstić information content (AvgIpc) is 3.11. The fraction of sp³-hybridized carbons (Fsp3) is 0.500. The van der Waals surface area contributed by atoms with Crippen molar-refractivity contribution in [1.29, 1.82) is 0 Å². The minimum absolute atomic E-state index is 0. The predicted octanol–water partition coefficient (Wildman–Crippen LogP) is 4.29. The summed E-state index contributed by atoms with van der Waals surface area (Å²) in [5.41, 5.74) is 4.55. The number of nitrogens with zero attached hydrogens (tertiary/aromatic N) is 3. The Kier molecular flexibility index (Phi) is 6.14. The second kappa shape index (κ2) is 7.96. The molecule has 0 amide bonds. The van der Waals surface area contributed by atoms with E-state index >= 15 is 0 Å². The van der Waals surface area contributed by atoms with Gasteiger partial charge in [-0.1, -0.05) is 18.5 Å². The van der Waals surface area contributed by atoms with Gasteiger partial charge in [0, 0.05) is 28.2 Å². The van der Waals surface area contributed by atoms with Crippen LogP contribution >= 0.6 is 36.4 Å². The van der Waals surface area contributed by atoms with Crippen molar-refractivity contribution in [2.45, 2.75) is 43.6 Å². The molecule has 1 aliphatic carbocycles. The summed E-state index contributed by atoms with van der Waals surface area (Å²) in [6.07, 6.45) is 4.03. The molecule has 1 fully saturated rings. The highest BCUT2D eigenvalue weighted by atomic mass is 35.5. The number of aliphatic hydroxyl groups excluding tert-OH is 1. The van der Waals surface area contributed by atoms with Crippen molar-refractivity contribution in [3.8, 4) is 0 Å². The SMILES string of the molecule is C[C@@H]1C[C@H](O)c2ncnc(N3CC4(CCNCC4)c4cc(Cl)ccc43)c21.Cl.Cl. The van der Waals surface area contributed by atoms with Crippen LogP contribution in [0.15, 0.2) is 24.5 Å². The smallest absolute Gasteiger partial charge is 0.140 e. The maximum Gasteiger partial charge on any atom is 0.140 e. The Bertz CT molecular complexity index is 873. The third-order valence-electron chi connectivity index (χ3n) is 6.38. The minimum Gasteiger partial charge on any atom is -0.387 e. The van der Waals surface area contributed by atoms with Crippen LogP contribution in [0.4, 0.5) is 11.5 Å². The molecule has 0 bridgehead atoms. The highest BCUT2D eigenvalue weighted by Crippen LogP contribution is 2.52. The van der Waals surface area contributed by atoms with Gasteiger partial charge in [0.25, 0.3) is 0 Å². The summed E-state index contributed by atoms with van der Waals surface area (Å²) in [4.78, 5) is 11.4. The first kappa shape index (κ1) is 21.6. The van der Waals surface area contributed by atoms with E-state index in [0.717, 1.165) is 61.0 Å². The number of hydrogen-bond acceptors (Lipinski definition) is 5. The van der Waals surface area contributed by atoms with Crippen molar-refractivity contribution in [3.63, 3.8) is 0 Å². The summed E-state index contributed by atoms with van der Waals surface area (Å²) in [7, 11) is 0. The van der Waals surface area contributed by atoms with E-state index in [9.17, 15) is 5.11 Å². The van der Waals surface area contributed by atoms with Crippen LogP contribution in [-0.2, 0) is 5.41 Å². The van der Waals surface area contributed by atoms with Crippen LogP contribution < -0.4 is 10.2 Å². The molecule has 3 aliphatic rings. The molecule has 152 valence electrons. The van der Waals surface area contributed by atoms with Crippen molar-refractivity contribution >= 4 is 47.9 Å². The Labute approximate surface area is 182 Å². The summed E-state index contributed by atoms with van der Waals surface area (Å²) in [5, 5.41) is 14.6. The first-order valence-electron chi connectivity index (χ1n) is 9.40. The summed E-state index contributed by atoms with van der Waals surface area (Å²) in [6, 6.07) is 6.23. The first-order valence-corrected chi connectivity index (χ1v) is 9.78. The predicted molar refractivity (Wildman–Crippen MR) is 117 cm³/mol. The molecule has 1 saturated heterocycles. The van der Waals surface area contributed by atoms with Crippen LogP contribution in [0, 0.1) is 0 Å². The Hall–Kier alpha value is -1.11. The van der Waals surface area contributed by atoms with E-state index in [1.165, 1.54) is 11.3 Å². The van der Waals surface area contributed by atoms with Gasteiger partial charge in [0.1, 0.15) is 12.1 Å². The summed E-state index contributed by atoms with van der Waals surface area (Å²) in [6.45, 7) is 5.12. The van der Waals surface area contributed by atoms with Gasteiger partial charge in [-0.15, -0.1) is 24.8 Å². The molecule has 2 atom stereocenters. The van der Waals surface area contributed by atoms with Crippen molar-refractivity contribution < 1.29 is 5.11 Å². The minimum atomic E-state index is -0.484. The van der Waals surface area contributed by atoms with Gasteiger partial charge >= 0.3 is 0 Å². The van der Waals surface area contributed by atoms with E-state index in [0.29, 0.717) is 0 Å². The highest BCUT2D eigenvalue weighted by molar-refractivity contribution is 6.30. The molecule has 28 heavy (non-hydrogen) atoms. The summed E-state index contributed by atoms with van der Waals surface area (Å²) < 4.78 is 0. The van der Waals surface area contributed by atoms with Gasteiger partial charge in [-0.2, -0.15) is 0 Å². The Morgan fingerprint density at radius 1 is 1.21 bits per heavy atom. The van der Waals surface area contributed by atoms with E-state index in [2.05, 4.69) is 39.2 Å². The number of aromatic nitrogens is 2. The molecule has 2 aliphatic heterocycles. The number of halogens is 3. The van der Waals surface area contributed by atoms with Crippen LogP contribution in [0.5, 0.6) is 0 Å². The van der Waals surface area contributed by atoms with E-state index in [1.807, 2.05) is 6.07 Å². The molecular weight excluding hydrogens is 419 g/mol. The van der Waals surface area contributed by atoms with Crippen LogP contribution in [0.25, 0.3) is 0 Å². The maximum absolute atomic E-state index is 10.4. The van der Waals surface area contributed by atoms with Crippen LogP contribution in [0.2, 0.25) is 5.02 Å². The van der Waals surface area contributed by atoms with Crippen LogP contribution in [0.1, 0.15) is 55.0 Å². The van der Waals surface area contributed by atoms with Gasteiger partial charge in [-0.25, -0.2) is 9.97 Å². The average molecular weight is 444 g/mol. The monoisotopic (exact) mass is 442 g/mol. The second-order valence-corrected chi connectivity index (χ2v) is 8.36. The van der Waals surface area contributed by atoms with E-state index < -0.39 is 6.10 Å². The largest absolute Gasteiger partial charge is 0.387 e. The summed E-state index contributed by atoms with van der Waals surface area (Å²) >= 11 is 6.36. The molecule has 0 unspecified atom stereocenters. The Balaban J connectivity index is 0.00000112. The lowest BCUT2D eigenvalue weighted by Gasteiger charge is -2.35. The van der Waals surface area contributed by atoms with E-state index in [4.69, 9.17) is 11.6 Å². The second-order valence-electron chi connectivity index (χ2n) is 7.93. The van der Waals surface area contributed by atoms with Crippen molar-refractivity contribution in [3.05, 3.63) is 46.4 Å².